The summed E-state index contributed by atoms with van der Waals surface area (Å²) in [7, 11) is 1.92. The Bertz CT molecular complexity index is 576. The quantitative estimate of drug-likeness (QED) is 0.848. The van der Waals surface area contributed by atoms with Gasteiger partial charge < -0.3 is 14.6 Å². The number of nitrogens with zero attached hydrogens (tertiary/aromatic N) is 3. The number of aryl methyl sites for hydroxylation is 2. The molecule has 0 aliphatic rings. The maximum atomic E-state index is 11.9. The van der Waals surface area contributed by atoms with Gasteiger partial charge in [0.05, 0.1) is 18.8 Å². The van der Waals surface area contributed by atoms with E-state index in [1.54, 1.807) is 20.0 Å². The monoisotopic (exact) mass is 280 g/mol. The summed E-state index contributed by atoms with van der Waals surface area (Å²) in [4.78, 5) is 16.1. The van der Waals surface area contributed by atoms with E-state index in [-0.39, 0.29) is 5.97 Å². The fourth-order valence-corrected chi connectivity index (χ4v) is 2.44. The van der Waals surface area contributed by atoms with Gasteiger partial charge in [-0.05, 0) is 25.4 Å². The Labute approximate surface area is 115 Å². The van der Waals surface area contributed by atoms with Gasteiger partial charge in [0.25, 0.3) is 0 Å². The first-order valence-electron chi connectivity index (χ1n) is 5.97. The molecule has 7 heteroatoms. The summed E-state index contributed by atoms with van der Waals surface area (Å²) in [5.74, 6) is 0.553. The second-order valence-electron chi connectivity index (χ2n) is 4.00. The Morgan fingerprint density at radius 1 is 1.58 bits per heavy atom. The van der Waals surface area contributed by atoms with E-state index in [0.717, 1.165) is 10.8 Å². The molecular formula is C12H16N4O2S. The number of anilines is 1. The average Bonchev–Trinajstić information content (AvgIpc) is 2.93. The van der Waals surface area contributed by atoms with Gasteiger partial charge >= 0.3 is 5.97 Å². The standard InChI is InChI=1S/C12H16N4O2S/c1-4-18-12(17)10-8(2)15-19-11(10)14-7-9-13-5-6-16(9)3/h5-6,14H,4,7H2,1-3H3. The van der Waals surface area contributed by atoms with Crippen LogP contribution in [-0.2, 0) is 18.3 Å². The lowest BCUT2D eigenvalue weighted by molar-refractivity contribution is 0.0527. The van der Waals surface area contributed by atoms with E-state index in [4.69, 9.17) is 4.74 Å². The molecule has 0 fully saturated rings. The van der Waals surface area contributed by atoms with Crippen LogP contribution >= 0.6 is 11.5 Å². The zero-order valence-corrected chi connectivity index (χ0v) is 12.0. The molecule has 2 heterocycles. The minimum absolute atomic E-state index is 0.337. The molecule has 0 aliphatic carbocycles. The molecule has 0 bridgehead atoms. The zero-order valence-electron chi connectivity index (χ0n) is 11.1. The second kappa shape index (κ2) is 5.83. The van der Waals surface area contributed by atoms with Crippen LogP contribution in [0.2, 0.25) is 0 Å². The summed E-state index contributed by atoms with van der Waals surface area (Å²) in [5, 5.41) is 3.91. The predicted octanol–water partition coefficient (Wildman–Crippen LogP) is 1.97. The third-order valence-corrected chi connectivity index (χ3v) is 3.57. The molecule has 2 aromatic rings. The lowest BCUT2D eigenvalue weighted by atomic mass is 10.2. The van der Waals surface area contributed by atoms with Crippen LogP contribution < -0.4 is 5.32 Å². The number of rotatable bonds is 5. The van der Waals surface area contributed by atoms with E-state index in [2.05, 4.69) is 14.7 Å². The fraction of sp³-hybridized carbons (Fsp3) is 0.417. The van der Waals surface area contributed by atoms with Crippen molar-refractivity contribution >= 4 is 22.5 Å². The lowest BCUT2D eigenvalue weighted by Crippen LogP contribution is -2.10. The molecule has 2 aromatic heterocycles. The van der Waals surface area contributed by atoms with E-state index in [0.29, 0.717) is 24.4 Å². The van der Waals surface area contributed by atoms with Crippen LogP contribution in [0.4, 0.5) is 5.00 Å². The number of imidazole rings is 1. The number of nitrogens with one attached hydrogen (secondary N) is 1. The van der Waals surface area contributed by atoms with Crippen LogP contribution in [0.5, 0.6) is 0 Å². The highest BCUT2D eigenvalue weighted by atomic mass is 32.1. The van der Waals surface area contributed by atoms with E-state index in [1.807, 2.05) is 17.8 Å². The molecule has 2 rings (SSSR count). The number of esters is 1. The number of carbonyl (C=O) groups excluding carboxylic acids is 1. The summed E-state index contributed by atoms with van der Waals surface area (Å²) in [6.07, 6.45) is 3.61. The average molecular weight is 280 g/mol. The molecule has 1 N–H and O–H groups in total. The van der Waals surface area contributed by atoms with Crippen molar-refractivity contribution in [2.24, 2.45) is 7.05 Å². The zero-order chi connectivity index (χ0) is 13.8. The van der Waals surface area contributed by atoms with Crippen LogP contribution in [0.25, 0.3) is 0 Å². The molecule has 102 valence electrons. The van der Waals surface area contributed by atoms with Crippen molar-refractivity contribution in [3.05, 3.63) is 29.5 Å². The van der Waals surface area contributed by atoms with Crippen molar-refractivity contribution in [3.63, 3.8) is 0 Å². The van der Waals surface area contributed by atoms with Gasteiger partial charge in [0.15, 0.2) is 0 Å². The minimum Gasteiger partial charge on any atom is -0.462 e. The number of hydrogen-bond acceptors (Lipinski definition) is 6. The summed E-state index contributed by atoms with van der Waals surface area (Å²) in [5.41, 5.74) is 1.20. The molecule has 0 saturated carbocycles. The van der Waals surface area contributed by atoms with Crippen LogP contribution in [0, 0.1) is 6.92 Å². The van der Waals surface area contributed by atoms with Crippen LogP contribution in [0.15, 0.2) is 12.4 Å². The molecule has 0 atom stereocenters. The molecule has 0 aromatic carbocycles. The maximum absolute atomic E-state index is 11.9. The Kier molecular flexibility index (Phi) is 4.16. The Balaban J connectivity index is 2.13. The lowest BCUT2D eigenvalue weighted by Gasteiger charge is -2.07. The molecule has 0 amide bonds. The van der Waals surface area contributed by atoms with Crippen molar-refractivity contribution < 1.29 is 9.53 Å². The van der Waals surface area contributed by atoms with Gasteiger partial charge in [-0.3, -0.25) is 0 Å². The van der Waals surface area contributed by atoms with E-state index in [9.17, 15) is 4.79 Å². The van der Waals surface area contributed by atoms with Crippen LogP contribution in [0.3, 0.4) is 0 Å². The Hall–Kier alpha value is -1.89. The third-order valence-electron chi connectivity index (χ3n) is 2.67. The number of carbonyl (C=O) groups is 1. The van der Waals surface area contributed by atoms with Gasteiger partial charge in [-0.2, -0.15) is 4.37 Å². The van der Waals surface area contributed by atoms with Gasteiger partial charge in [0.1, 0.15) is 16.4 Å². The van der Waals surface area contributed by atoms with Crippen molar-refractivity contribution in [2.45, 2.75) is 20.4 Å². The summed E-state index contributed by atoms with van der Waals surface area (Å²) >= 11 is 1.26. The molecule has 0 radical (unpaired) electrons. The van der Waals surface area contributed by atoms with Crippen LogP contribution in [-0.4, -0.2) is 26.5 Å². The van der Waals surface area contributed by atoms with Gasteiger partial charge in [-0.15, -0.1) is 0 Å². The van der Waals surface area contributed by atoms with Crippen molar-refractivity contribution in [2.75, 3.05) is 11.9 Å². The predicted molar refractivity (Wildman–Crippen MR) is 73.3 cm³/mol. The number of ether oxygens (including phenoxy) is 1. The maximum Gasteiger partial charge on any atom is 0.343 e. The van der Waals surface area contributed by atoms with Crippen molar-refractivity contribution in [1.29, 1.82) is 0 Å². The minimum atomic E-state index is -0.337. The summed E-state index contributed by atoms with van der Waals surface area (Å²) in [6, 6.07) is 0. The Morgan fingerprint density at radius 2 is 2.37 bits per heavy atom. The largest absolute Gasteiger partial charge is 0.462 e. The highest BCUT2D eigenvalue weighted by Crippen LogP contribution is 2.25. The van der Waals surface area contributed by atoms with Crippen molar-refractivity contribution in [1.82, 2.24) is 13.9 Å². The Morgan fingerprint density at radius 3 is 3.00 bits per heavy atom. The number of aromatic nitrogens is 3. The number of hydrogen-bond donors (Lipinski definition) is 1. The van der Waals surface area contributed by atoms with Gasteiger partial charge in [-0.25, -0.2) is 9.78 Å². The molecule has 0 aliphatic heterocycles. The molecule has 19 heavy (non-hydrogen) atoms. The van der Waals surface area contributed by atoms with Gasteiger partial charge in [0, 0.05) is 19.4 Å². The second-order valence-corrected chi connectivity index (χ2v) is 4.77. The van der Waals surface area contributed by atoms with E-state index >= 15 is 0 Å². The molecule has 0 unspecified atom stereocenters. The van der Waals surface area contributed by atoms with Crippen molar-refractivity contribution in [3.8, 4) is 0 Å². The van der Waals surface area contributed by atoms with E-state index < -0.39 is 0 Å². The first kappa shape index (κ1) is 13.5. The van der Waals surface area contributed by atoms with E-state index in [1.165, 1.54) is 11.5 Å². The summed E-state index contributed by atoms with van der Waals surface area (Å²) < 4.78 is 11.2. The first-order chi connectivity index (χ1) is 9.13. The molecule has 6 nitrogen and oxygen atoms in total. The highest BCUT2D eigenvalue weighted by molar-refractivity contribution is 7.10. The normalized spacial score (nSPS) is 10.5. The van der Waals surface area contributed by atoms with Gasteiger partial charge in [-0.1, -0.05) is 0 Å². The smallest absolute Gasteiger partial charge is 0.343 e. The topological polar surface area (TPSA) is 69.0 Å². The first-order valence-corrected chi connectivity index (χ1v) is 6.74. The molecule has 0 saturated heterocycles. The SMILES string of the molecule is CCOC(=O)c1c(C)nsc1NCc1nccn1C. The third kappa shape index (κ3) is 2.93. The highest BCUT2D eigenvalue weighted by Gasteiger charge is 2.19. The fourth-order valence-electron chi connectivity index (χ4n) is 1.66. The molecule has 0 spiro atoms. The summed E-state index contributed by atoms with van der Waals surface area (Å²) in [6.45, 7) is 4.48. The molecular weight excluding hydrogens is 264 g/mol. The van der Waals surface area contributed by atoms with Gasteiger partial charge in [0.2, 0.25) is 0 Å². The van der Waals surface area contributed by atoms with Crippen LogP contribution in [0.1, 0.15) is 28.8 Å².